The van der Waals surface area contributed by atoms with Crippen molar-refractivity contribution in [2.75, 3.05) is 13.2 Å². The molecule has 0 unspecified atom stereocenters. The third-order valence-corrected chi connectivity index (χ3v) is 1.60. The molecule has 0 atom stereocenters. The zero-order valence-corrected chi connectivity index (χ0v) is 9.65. The van der Waals surface area contributed by atoms with Gasteiger partial charge in [0.05, 0.1) is 13.2 Å². The van der Waals surface area contributed by atoms with Crippen molar-refractivity contribution in [1.82, 2.24) is 0 Å². The second-order valence-corrected chi connectivity index (χ2v) is 2.84. The minimum atomic E-state index is -0.812. The van der Waals surface area contributed by atoms with Crippen LogP contribution >= 0.6 is 0 Å². The number of rotatable bonds is 5. The molecule has 0 aliphatic carbocycles. The third kappa shape index (κ3) is 5.19. The molecule has 0 radical (unpaired) electrons. The van der Waals surface area contributed by atoms with Crippen molar-refractivity contribution in [1.29, 1.82) is 0 Å². The van der Waals surface area contributed by atoms with Gasteiger partial charge in [0, 0.05) is 6.08 Å². The number of hydrogen-bond acceptors (Lipinski definition) is 5. The first-order valence-corrected chi connectivity index (χ1v) is 4.94. The quantitative estimate of drug-likeness (QED) is 0.334. The molecule has 0 amide bonds. The van der Waals surface area contributed by atoms with Gasteiger partial charge in [0.1, 0.15) is 0 Å². The van der Waals surface area contributed by atoms with Gasteiger partial charge in [-0.05, 0) is 32.4 Å². The summed E-state index contributed by atoms with van der Waals surface area (Å²) in [7, 11) is 0. The van der Waals surface area contributed by atoms with Crippen LogP contribution in [-0.4, -0.2) is 30.3 Å². The van der Waals surface area contributed by atoms with Crippen molar-refractivity contribution in [2.24, 2.45) is 0 Å². The summed E-state index contributed by atoms with van der Waals surface area (Å²) < 4.78 is 9.22. The van der Waals surface area contributed by atoms with E-state index >= 15 is 0 Å². The number of hydrogen-bond donors (Lipinski definition) is 1. The van der Waals surface area contributed by atoms with Crippen molar-refractivity contribution in [3.63, 3.8) is 0 Å². The van der Waals surface area contributed by atoms with Crippen LogP contribution < -0.4 is 0 Å². The molecule has 0 aromatic heterocycles. The van der Waals surface area contributed by atoms with Gasteiger partial charge in [-0.3, -0.25) is 0 Å². The topological polar surface area (TPSA) is 72.8 Å². The van der Waals surface area contributed by atoms with Crippen molar-refractivity contribution in [2.45, 2.75) is 20.8 Å². The summed E-state index contributed by atoms with van der Waals surface area (Å²) in [5.41, 5.74) is 0.242. The van der Waals surface area contributed by atoms with E-state index in [1.807, 2.05) is 0 Å². The van der Waals surface area contributed by atoms with E-state index in [-0.39, 0.29) is 18.8 Å². The van der Waals surface area contributed by atoms with Crippen molar-refractivity contribution >= 4 is 11.9 Å². The molecule has 0 aliphatic heterocycles. The summed E-state index contributed by atoms with van der Waals surface area (Å²) in [5.74, 6) is -1.85. The molecule has 0 fully saturated rings. The summed E-state index contributed by atoms with van der Waals surface area (Å²) in [5, 5.41) is 9.36. The fraction of sp³-hybridized carbons (Fsp3) is 0.455. The lowest BCUT2D eigenvalue weighted by Gasteiger charge is -2.02. The predicted molar refractivity (Wildman–Crippen MR) is 57.7 cm³/mol. The first kappa shape index (κ1) is 14.2. The van der Waals surface area contributed by atoms with E-state index in [1.165, 1.54) is 13.0 Å². The SMILES string of the molecule is CCOC(=O)/C=C/C(C)=C(/O)C(=O)OCC. The van der Waals surface area contributed by atoms with Gasteiger partial charge in [0.25, 0.3) is 0 Å². The summed E-state index contributed by atoms with van der Waals surface area (Å²) in [6.45, 7) is 5.26. The molecule has 90 valence electrons. The van der Waals surface area contributed by atoms with Crippen LogP contribution in [-0.2, 0) is 19.1 Å². The molecule has 0 aliphatic rings. The highest BCUT2D eigenvalue weighted by atomic mass is 16.5. The molecule has 0 aromatic rings. The van der Waals surface area contributed by atoms with Crippen molar-refractivity contribution in [3.8, 4) is 0 Å². The Morgan fingerprint density at radius 2 is 1.69 bits per heavy atom. The molecule has 16 heavy (non-hydrogen) atoms. The van der Waals surface area contributed by atoms with Crippen LogP contribution in [0.4, 0.5) is 0 Å². The molecule has 5 nitrogen and oxygen atoms in total. The smallest absolute Gasteiger partial charge is 0.373 e. The number of esters is 2. The predicted octanol–water partition coefficient (Wildman–Crippen LogP) is 1.50. The summed E-state index contributed by atoms with van der Waals surface area (Å²) in [6, 6.07) is 0. The molecule has 0 saturated carbocycles. The van der Waals surface area contributed by atoms with E-state index in [1.54, 1.807) is 13.8 Å². The molecule has 0 aromatic carbocycles. The van der Waals surface area contributed by atoms with E-state index in [9.17, 15) is 14.7 Å². The summed E-state index contributed by atoms with van der Waals surface area (Å²) in [4.78, 5) is 22.0. The highest BCUT2D eigenvalue weighted by Gasteiger charge is 2.10. The van der Waals surface area contributed by atoms with E-state index in [0.29, 0.717) is 0 Å². The Morgan fingerprint density at radius 3 is 2.19 bits per heavy atom. The summed E-state index contributed by atoms with van der Waals surface area (Å²) >= 11 is 0. The third-order valence-electron chi connectivity index (χ3n) is 1.60. The summed E-state index contributed by atoms with van der Waals surface area (Å²) in [6.07, 6.45) is 2.43. The maximum atomic E-state index is 11.1. The maximum Gasteiger partial charge on any atom is 0.373 e. The van der Waals surface area contributed by atoms with Crippen LogP contribution in [0.2, 0.25) is 0 Å². The molecular weight excluding hydrogens is 212 g/mol. The Hall–Kier alpha value is -1.78. The molecule has 0 spiro atoms. The standard InChI is InChI=1S/C11H16O5/c1-4-15-9(12)7-6-8(3)10(13)11(14)16-5-2/h6-7,13H,4-5H2,1-3H3/b7-6+,10-8+. The lowest BCUT2D eigenvalue weighted by Crippen LogP contribution is -2.08. The highest BCUT2D eigenvalue weighted by Crippen LogP contribution is 2.04. The molecule has 1 N–H and O–H groups in total. The van der Waals surface area contributed by atoms with Crippen LogP contribution in [0.5, 0.6) is 0 Å². The number of aliphatic hydroxyl groups excluding tert-OH is 1. The van der Waals surface area contributed by atoms with Gasteiger partial charge in [-0.1, -0.05) is 0 Å². The van der Waals surface area contributed by atoms with Crippen LogP contribution in [0.3, 0.4) is 0 Å². The second kappa shape index (κ2) is 7.50. The van der Waals surface area contributed by atoms with Crippen LogP contribution in [0, 0.1) is 0 Å². The van der Waals surface area contributed by atoms with Crippen LogP contribution in [0.25, 0.3) is 0 Å². The monoisotopic (exact) mass is 228 g/mol. The van der Waals surface area contributed by atoms with Gasteiger partial charge in [-0.25, -0.2) is 9.59 Å². The number of allylic oxidation sites excluding steroid dienone is 2. The van der Waals surface area contributed by atoms with Gasteiger partial charge in [-0.15, -0.1) is 0 Å². The van der Waals surface area contributed by atoms with E-state index in [0.717, 1.165) is 6.08 Å². The van der Waals surface area contributed by atoms with Gasteiger partial charge < -0.3 is 14.6 Å². The fourth-order valence-corrected chi connectivity index (χ4v) is 0.823. The first-order valence-electron chi connectivity index (χ1n) is 4.94. The van der Waals surface area contributed by atoms with Gasteiger partial charge >= 0.3 is 11.9 Å². The van der Waals surface area contributed by atoms with Crippen LogP contribution in [0.1, 0.15) is 20.8 Å². The fourth-order valence-electron chi connectivity index (χ4n) is 0.823. The van der Waals surface area contributed by atoms with Gasteiger partial charge in [0.2, 0.25) is 5.76 Å². The van der Waals surface area contributed by atoms with Crippen LogP contribution in [0.15, 0.2) is 23.5 Å². The number of carbonyl (C=O) groups is 2. The first-order chi connectivity index (χ1) is 7.52. The Morgan fingerprint density at radius 1 is 1.12 bits per heavy atom. The normalized spacial score (nSPS) is 12.2. The minimum Gasteiger partial charge on any atom is -0.502 e. The lowest BCUT2D eigenvalue weighted by atomic mass is 10.2. The Kier molecular flexibility index (Phi) is 6.67. The largest absolute Gasteiger partial charge is 0.502 e. The van der Waals surface area contributed by atoms with E-state index < -0.39 is 17.7 Å². The number of carbonyl (C=O) groups excluding carboxylic acids is 2. The molecule has 0 saturated heterocycles. The van der Waals surface area contributed by atoms with E-state index in [2.05, 4.69) is 9.47 Å². The average molecular weight is 228 g/mol. The van der Waals surface area contributed by atoms with Gasteiger partial charge in [0.15, 0.2) is 0 Å². The number of ether oxygens (including phenoxy) is 2. The van der Waals surface area contributed by atoms with Crippen molar-refractivity contribution < 1.29 is 24.2 Å². The van der Waals surface area contributed by atoms with Crippen molar-refractivity contribution in [3.05, 3.63) is 23.5 Å². The zero-order valence-electron chi connectivity index (χ0n) is 9.65. The molecule has 0 rings (SSSR count). The average Bonchev–Trinajstić information content (AvgIpc) is 2.25. The minimum absolute atomic E-state index is 0.178. The molecule has 0 bridgehead atoms. The maximum absolute atomic E-state index is 11.1. The highest BCUT2D eigenvalue weighted by molar-refractivity contribution is 5.88. The molecular formula is C11H16O5. The zero-order chi connectivity index (χ0) is 12.6. The lowest BCUT2D eigenvalue weighted by molar-refractivity contribution is -0.141. The number of aliphatic hydroxyl groups is 1. The molecule has 5 heteroatoms. The second-order valence-electron chi connectivity index (χ2n) is 2.84. The van der Waals surface area contributed by atoms with Gasteiger partial charge in [-0.2, -0.15) is 0 Å². The Balaban J connectivity index is 4.52. The van der Waals surface area contributed by atoms with E-state index in [4.69, 9.17) is 0 Å². The molecule has 0 heterocycles. The Bertz CT molecular complexity index is 314. The Labute approximate surface area is 94.4 Å².